The molecule has 1 N–H and O–H groups in total. The topological polar surface area (TPSA) is 60.5 Å². The van der Waals surface area contributed by atoms with Crippen molar-refractivity contribution in [2.24, 2.45) is 0 Å². The molecule has 1 heterocycles. The summed E-state index contributed by atoms with van der Waals surface area (Å²) >= 11 is 0. The summed E-state index contributed by atoms with van der Waals surface area (Å²) in [5, 5.41) is 3.93. The van der Waals surface area contributed by atoms with Crippen LogP contribution in [0, 0.1) is 0 Å². The average molecular weight is 328 g/mol. The van der Waals surface area contributed by atoms with Gasteiger partial charge < -0.3 is 14.8 Å². The van der Waals surface area contributed by atoms with Crippen LogP contribution in [0.5, 0.6) is 5.75 Å². The van der Waals surface area contributed by atoms with E-state index < -0.39 is 5.60 Å². The molecule has 0 bridgehead atoms. The van der Waals surface area contributed by atoms with Gasteiger partial charge in [-0.05, 0) is 37.1 Å². The number of carbonyl (C=O) groups is 1. The van der Waals surface area contributed by atoms with E-state index in [1.807, 2.05) is 24.3 Å². The maximum Gasteiger partial charge on any atom is 0.256 e. The van der Waals surface area contributed by atoms with E-state index in [0.29, 0.717) is 5.75 Å². The highest BCUT2D eigenvalue weighted by Gasteiger charge is 2.38. The van der Waals surface area contributed by atoms with Gasteiger partial charge in [-0.2, -0.15) is 0 Å². The van der Waals surface area contributed by atoms with Gasteiger partial charge in [-0.1, -0.05) is 25.7 Å². The molecule has 0 saturated heterocycles. The molecule has 1 aromatic heterocycles. The van der Waals surface area contributed by atoms with Crippen LogP contribution in [-0.2, 0) is 9.53 Å². The standard InChI is InChI=1S/C19H24N2O3/c1-23-16-10-9-15(14-8-7-13-20-17(14)16)21-18(22)19(24-2)11-5-3-4-6-12-19/h7-10,13H,3-6,11-12H2,1-2H3,(H,21,22). The molecule has 3 rings (SSSR count). The van der Waals surface area contributed by atoms with Crippen LogP contribution in [0.2, 0.25) is 0 Å². The molecule has 1 amide bonds. The molecule has 0 unspecified atom stereocenters. The van der Waals surface area contributed by atoms with E-state index in [9.17, 15) is 4.79 Å². The van der Waals surface area contributed by atoms with E-state index in [-0.39, 0.29) is 5.91 Å². The lowest BCUT2D eigenvalue weighted by Crippen LogP contribution is -2.44. The van der Waals surface area contributed by atoms with Gasteiger partial charge in [0.05, 0.1) is 12.8 Å². The first-order chi connectivity index (χ1) is 11.7. The number of hydrogen-bond acceptors (Lipinski definition) is 4. The third-order valence-electron chi connectivity index (χ3n) is 4.92. The summed E-state index contributed by atoms with van der Waals surface area (Å²) in [6.07, 6.45) is 7.61. The Labute approximate surface area is 142 Å². The van der Waals surface area contributed by atoms with Crippen molar-refractivity contribution < 1.29 is 14.3 Å². The van der Waals surface area contributed by atoms with Crippen LogP contribution in [0.1, 0.15) is 38.5 Å². The molecule has 1 saturated carbocycles. The fourth-order valence-electron chi connectivity index (χ4n) is 3.48. The number of hydrogen-bond donors (Lipinski definition) is 1. The SMILES string of the molecule is COc1ccc(NC(=O)C2(OC)CCCCCC2)c2cccnc12. The molecule has 0 aliphatic heterocycles. The Kier molecular flexibility index (Phi) is 5.00. The summed E-state index contributed by atoms with van der Waals surface area (Å²) in [6.45, 7) is 0. The second-order valence-electron chi connectivity index (χ2n) is 6.28. The van der Waals surface area contributed by atoms with Gasteiger partial charge in [0.2, 0.25) is 0 Å². The molecule has 1 aromatic carbocycles. The second-order valence-corrected chi connectivity index (χ2v) is 6.28. The number of ether oxygens (including phenoxy) is 2. The van der Waals surface area contributed by atoms with Crippen molar-refractivity contribution in [2.75, 3.05) is 19.5 Å². The van der Waals surface area contributed by atoms with Crippen molar-refractivity contribution >= 4 is 22.5 Å². The molecule has 1 fully saturated rings. The highest BCUT2D eigenvalue weighted by Crippen LogP contribution is 2.34. The lowest BCUT2D eigenvalue weighted by molar-refractivity contribution is -0.139. The molecule has 1 aliphatic carbocycles. The second kappa shape index (κ2) is 7.18. The fraction of sp³-hybridized carbons (Fsp3) is 0.474. The predicted octanol–water partition coefficient (Wildman–Crippen LogP) is 3.92. The maximum absolute atomic E-state index is 13.0. The minimum atomic E-state index is -0.731. The molecule has 0 radical (unpaired) electrons. The number of rotatable bonds is 4. The Bertz CT molecular complexity index is 722. The minimum absolute atomic E-state index is 0.0674. The molecule has 128 valence electrons. The number of fused-ring (bicyclic) bond motifs is 1. The van der Waals surface area contributed by atoms with Gasteiger partial charge in [-0.25, -0.2) is 0 Å². The van der Waals surface area contributed by atoms with Crippen LogP contribution in [0.25, 0.3) is 10.9 Å². The first kappa shape index (κ1) is 16.7. The van der Waals surface area contributed by atoms with Crippen LogP contribution < -0.4 is 10.1 Å². The van der Waals surface area contributed by atoms with Crippen LogP contribution >= 0.6 is 0 Å². The van der Waals surface area contributed by atoms with Crippen molar-refractivity contribution in [1.29, 1.82) is 0 Å². The number of amides is 1. The van der Waals surface area contributed by atoms with Crippen molar-refractivity contribution in [3.05, 3.63) is 30.5 Å². The normalized spacial score (nSPS) is 17.2. The highest BCUT2D eigenvalue weighted by molar-refractivity contribution is 6.05. The summed E-state index contributed by atoms with van der Waals surface area (Å²) < 4.78 is 11.1. The Morgan fingerprint density at radius 1 is 1.12 bits per heavy atom. The van der Waals surface area contributed by atoms with E-state index in [2.05, 4.69) is 10.3 Å². The zero-order valence-electron chi connectivity index (χ0n) is 14.3. The van der Waals surface area contributed by atoms with Gasteiger partial charge in [0.25, 0.3) is 5.91 Å². The van der Waals surface area contributed by atoms with Crippen molar-refractivity contribution in [2.45, 2.75) is 44.1 Å². The van der Waals surface area contributed by atoms with Gasteiger partial charge >= 0.3 is 0 Å². The molecule has 24 heavy (non-hydrogen) atoms. The van der Waals surface area contributed by atoms with Gasteiger partial charge in [-0.15, -0.1) is 0 Å². The smallest absolute Gasteiger partial charge is 0.256 e. The fourth-order valence-corrected chi connectivity index (χ4v) is 3.48. The van der Waals surface area contributed by atoms with Gasteiger partial charge in [0, 0.05) is 18.7 Å². The zero-order valence-corrected chi connectivity index (χ0v) is 14.3. The van der Waals surface area contributed by atoms with Crippen molar-refractivity contribution in [1.82, 2.24) is 4.98 Å². The van der Waals surface area contributed by atoms with Gasteiger partial charge in [0.15, 0.2) is 0 Å². The van der Waals surface area contributed by atoms with E-state index in [1.165, 1.54) is 0 Å². The predicted molar refractivity (Wildman–Crippen MR) is 94.4 cm³/mol. The number of benzene rings is 1. The van der Waals surface area contributed by atoms with Crippen LogP contribution in [0.15, 0.2) is 30.5 Å². The highest BCUT2D eigenvalue weighted by atomic mass is 16.5. The Balaban J connectivity index is 1.93. The lowest BCUT2D eigenvalue weighted by Gasteiger charge is -2.30. The molecular weight excluding hydrogens is 304 g/mol. The van der Waals surface area contributed by atoms with Gasteiger partial charge in [0.1, 0.15) is 16.9 Å². The monoisotopic (exact) mass is 328 g/mol. The molecule has 0 spiro atoms. The van der Waals surface area contributed by atoms with Crippen molar-refractivity contribution in [3.8, 4) is 5.75 Å². The summed E-state index contributed by atoms with van der Waals surface area (Å²) in [7, 11) is 3.26. The molecule has 5 nitrogen and oxygen atoms in total. The number of methoxy groups -OCH3 is 2. The van der Waals surface area contributed by atoms with E-state index >= 15 is 0 Å². The number of aromatic nitrogens is 1. The largest absolute Gasteiger partial charge is 0.494 e. The summed E-state index contributed by atoms with van der Waals surface area (Å²) in [5.74, 6) is 0.627. The average Bonchev–Trinajstić information content (AvgIpc) is 2.88. The zero-order chi connectivity index (χ0) is 17.0. The summed E-state index contributed by atoms with van der Waals surface area (Å²) in [5.41, 5.74) is 0.750. The Hall–Kier alpha value is -2.14. The lowest BCUT2D eigenvalue weighted by atomic mass is 9.93. The van der Waals surface area contributed by atoms with Crippen LogP contribution in [0.3, 0.4) is 0 Å². The first-order valence-electron chi connectivity index (χ1n) is 8.48. The number of carbonyl (C=O) groups excluding carboxylic acids is 1. The van der Waals surface area contributed by atoms with E-state index in [4.69, 9.17) is 9.47 Å². The maximum atomic E-state index is 13.0. The summed E-state index contributed by atoms with van der Waals surface area (Å²) in [6, 6.07) is 7.49. The van der Waals surface area contributed by atoms with E-state index in [1.54, 1.807) is 20.4 Å². The molecule has 0 atom stereocenters. The first-order valence-corrected chi connectivity index (χ1v) is 8.48. The third kappa shape index (κ3) is 3.08. The molecular formula is C19H24N2O3. The van der Waals surface area contributed by atoms with E-state index in [0.717, 1.165) is 55.1 Å². The Morgan fingerprint density at radius 3 is 2.54 bits per heavy atom. The third-order valence-corrected chi connectivity index (χ3v) is 4.92. The molecule has 5 heteroatoms. The molecule has 2 aromatic rings. The molecule has 1 aliphatic rings. The quantitative estimate of drug-likeness (QED) is 0.864. The number of pyridine rings is 1. The number of anilines is 1. The van der Waals surface area contributed by atoms with Gasteiger partial charge in [-0.3, -0.25) is 9.78 Å². The van der Waals surface area contributed by atoms with Crippen LogP contribution in [-0.4, -0.2) is 30.7 Å². The van der Waals surface area contributed by atoms with Crippen LogP contribution in [0.4, 0.5) is 5.69 Å². The summed E-state index contributed by atoms with van der Waals surface area (Å²) in [4.78, 5) is 17.4. The number of nitrogens with one attached hydrogen (secondary N) is 1. The van der Waals surface area contributed by atoms with Crippen molar-refractivity contribution in [3.63, 3.8) is 0 Å². The minimum Gasteiger partial charge on any atom is -0.494 e. The Morgan fingerprint density at radius 2 is 1.88 bits per heavy atom. The number of nitrogens with zero attached hydrogens (tertiary/aromatic N) is 1.